The van der Waals surface area contributed by atoms with Gasteiger partial charge in [0.25, 0.3) is 5.91 Å². The number of hydrogen-bond acceptors (Lipinski definition) is 4. The van der Waals surface area contributed by atoms with Crippen LogP contribution in [0.5, 0.6) is 0 Å². The van der Waals surface area contributed by atoms with Crippen LogP contribution in [-0.2, 0) is 20.7 Å². The van der Waals surface area contributed by atoms with Gasteiger partial charge >= 0.3 is 5.97 Å². The molecular weight excluding hydrogens is 344 g/mol. The maximum atomic E-state index is 12.2. The smallest absolute Gasteiger partial charge is 0.337 e. The number of para-hydroxylation sites is 1. The lowest BCUT2D eigenvalue weighted by Crippen LogP contribution is -2.16. The van der Waals surface area contributed by atoms with E-state index < -0.39 is 11.9 Å². The van der Waals surface area contributed by atoms with E-state index in [1.165, 1.54) is 13.2 Å². The van der Waals surface area contributed by atoms with Crippen LogP contribution < -0.4 is 10.6 Å². The van der Waals surface area contributed by atoms with E-state index in [1.54, 1.807) is 31.2 Å². The van der Waals surface area contributed by atoms with Crippen molar-refractivity contribution in [2.24, 2.45) is 0 Å². The molecule has 0 atom stereocenters. The van der Waals surface area contributed by atoms with Crippen LogP contribution >= 0.6 is 0 Å². The van der Waals surface area contributed by atoms with Crippen molar-refractivity contribution in [2.75, 3.05) is 17.7 Å². The molecule has 0 bridgehead atoms. The summed E-state index contributed by atoms with van der Waals surface area (Å²) in [7, 11) is 1.30. The van der Waals surface area contributed by atoms with Crippen LogP contribution in [0, 0.1) is 0 Å². The molecule has 140 valence electrons. The molecule has 0 aliphatic rings. The first-order valence-corrected chi connectivity index (χ1v) is 8.51. The highest BCUT2D eigenvalue weighted by atomic mass is 16.5. The molecule has 0 saturated carbocycles. The van der Waals surface area contributed by atoms with Crippen LogP contribution in [0.25, 0.3) is 0 Å². The number of anilines is 2. The highest BCUT2D eigenvalue weighted by Crippen LogP contribution is 2.16. The fourth-order valence-corrected chi connectivity index (χ4v) is 2.42. The molecule has 2 amide bonds. The van der Waals surface area contributed by atoms with Crippen molar-refractivity contribution >= 4 is 29.2 Å². The lowest BCUT2D eigenvalue weighted by molar-refractivity contribution is -0.114. The fourth-order valence-electron chi connectivity index (χ4n) is 2.42. The van der Waals surface area contributed by atoms with Gasteiger partial charge in [-0.25, -0.2) is 4.79 Å². The second-order valence-electron chi connectivity index (χ2n) is 5.85. The molecule has 27 heavy (non-hydrogen) atoms. The van der Waals surface area contributed by atoms with E-state index in [1.807, 2.05) is 31.2 Å². The average molecular weight is 366 g/mol. The van der Waals surface area contributed by atoms with Crippen LogP contribution in [0.3, 0.4) is 0 Å². The van der Waals surface area contributed by atoms with Gasteiger partial charge in [0.1, 0.15) is 0 Å². The molecule has 2 aromatic carbocycles. The Balaban J connectivity index is 2.01. The highest BCUT2D eigenvalue weighted by molar-refractivity contribution is 6.10. The summed E-state index contributed by atoms with van der Waals surface area (Å²) in [6.07, 6.45) is 2.05. The van der Waals surface area contributed by atoms with E-state index in [9.17, 15) is 14.4 Å². The molecule has 0 aliphatic heterocycles. The van der Waals surface area contributed by atoms with Crippen LogP contribution in [-0.4, -0.2) is 24.9 Å². The summed E-state index contributed by atoms with van der Waals surface area (Å²) in [5, 5.41) is 5.47. The number of carbonyl (C=O) groups excluding carboxylic acids is 3. The minimum Gasteiger partial charge on any atom is -0.465 e. The Hall–Kier alpha value is -3.41. The van der Waals surface area contributed by atoms with Crippen molar-refractivity contribution < 1.29 is 19.1 Å². The van der Waals surface area contributed by atoms with Gasteiger partial charge in [0.2, 0.25) is 5.91 Å². The first kappa shape index (κ1) is 19.9. The third-order valence-electron chi connectivity index (χ3n) is 3.93. The fraction of sp³-hybridized carbons (Fsp3) is 0.190. The largest absolute Gasteiger partial charge is 0.465 e. The average Bonchev–Trinajstić information content (AvgIpc) is 2.68. The van der Waals surface area contributed by atoms with Gasteiger partial charge in [-0.3, -0.25) is 9.59 Å². The first-order valence-electron chi connectivity index (χ1n) is 8.51. The molecule has 2 aromatic rings. The minimum atomic E-state index is -0.451. The monoisotopic (exact) mass is 366 g/mol. The van der Waals surface area contributed by atoms with Crippen LogP contribution in [0.4, 0.5) is 11.4 Å². The molecule has 6 nitrogen and oxygen atoms in total. The standard InChI is InChI=1S/C21H22N2O4/c1-4-15-7-5-6-8-18(15)23-19(24)13-14(2)20(25)22-17-11-9-16(10-12-17)21(26)27-3/h5-13H,4H2,1-3H3,(H,22,25)(H,23,24)/b14-13+. The zero-order valence-corrected chi connectivity index (χ0v) is 15.5. The van der Waals surface area contributed by atoms with Gasteiger partial charge in [-0.1, -0.05) is 25.1 Å². The maximum absolute atomic E-state index is 12.2. The number of benzene rings is 2. The van der Waals surface area contributed by atoms with Gasteiger partial charge in [0.15, 0.2) is 0 Å². The number of carbonyl (C=O) groups is 3. The lowest BCUT2D eigenvalue weighted by Gasteiger charge is -2.09. The SMILES string of the molecule is CCc1ccccc1NC(=O)/C=C(\C)C(=O)Nc1ccc(C(=O)OC)cc1. The molecule has 0 aliphatic carbocycles. The molecule has 6 heteroatoms. The summed E-state index contributed by atoms with van der Waals surface area (Å²) in [6, 6.07) is 13.8. The molecule has 2 rings (SSSR count). The van der Waals surface area contributed by atoms with Crippen LogP contribution in [0.1, 0.15) is 29.8 Å². The van der Waals surface area contributed by atoms with E-state index in [4.69, 9.17) is 0 Å². The second-order valence-corrected chi connectivity index (χ2v) is 5.85. The van der Waals surface area contributed by atoms with Gasteiger partial charge in [-0.2, -0.15) is 0 Å². The number of nitrogens with one attached hydrogen (secondary N) is 2. The van der Waals surface area contributed by atoms with Gasteiger partial charge in [0.05, 0.1) is 12.7 Å². The van der Waals surface area contributed by atoms with E-state index in [-0.39, 0.29) is 11.5 Å². The summed E-state index contributed by atoms with van der Waals surface area (Å²) < 4.78 is 4.62. The molecular formula is C21H22N2O4. The van der Waals surface area contributed by atoms with Crippen molar-refractivity contribution in [1.29, 1.82) is 0 Å². The van der Waals surface area contributed by atoms with Gasteiger partial charge in [-0.15, -0.1) is 0 Å². The minimum absolute atomic E-state index is 0.263. The quantitative estimate of drug-likeness (QED) is 0.605. The number of methoxy groups -OCH3 is 1. The van der Waals surface area contributed by atoms with Crippen molar-refractivity contribution in [3.8, 4) is 0 Å². The zero-order valence-electron chi connectivity index (χ0n) is 15.5. The molecule has 0 fully saturated rings. The Morgan fingerprint density at radius 3 is 2.30 bits per heavy atom. The van der Waals surface area contributed by atoms with Crippen molar-refractivity contribution in [2.45, 2.75) is 20.3 Å². The number of ether oxygens (including phenoxy) is 1. The number of rotatable bonds is 6. The van der Waals surface area contributed by atoms with Crippen molar-refractivity contribution in [3.05, 3.63) is 71.3 Å². The molecule has 0 spiro atoms. The van der Waals surface area contributed by atoms with Gasteiger partial charge in [0, 0.05) is 23.0 Å². The Morgan fingerprint density at radius 1 is 1.00 bits per heavy atom. The van der Waals surface area contributed by atoms with Gasteiger partial charge in [-0.05, 0) is 49.2 Å². The first-order chi connectivity index (χ1) is 12.9. The molecule has 0 saturated heterocycles. The molecule has 2 N–H and O–H groups in total. The topological polar surface area (TPSA) is 84.5 Å². The summed E-state index contributed by atoms with van der Waals surface area (Å²) >= 11 is 0. The summed E-state index contributed by atoms with van der Waals surface area (Å²) in [5.74, 6) is -1.22. The summed E-state index contributed by atoms with van der Waals surface area (Å²) in [6.45, 7) is 3.56. The lowest BCUT2D eigenvalue weighted by atomic mass is 10.1. The number of amides is 2. The predicted octanol–water partition coefficient (Wildman–Crippen LogP) is 3.56. The Bertz CT molecular complexity index is 870. The molecule has 0 unspecified atom stereocenters. The zero-order chi connectivity index (χ0) is 19.8. The predicted molar refractivity (Wildman–Crippen MR) is 105 cm³/mol. The van der Waals surface area contributed by atoms with Crippen LogP contribution in [0.2, 0.25) is 0 Å². The van der Waals surface area contributed by atoms with E-state index in [2.05, 4.69) is 15.4 Å². The molecule has 0 aromatic heterocycles. The van der Waals surface area contributed by atoms with E-state index in [0.717, 1.165) is 17.7 Å². The van der Waals surface area contributed by atoms with Gasteiger partial charge < -0.3 is 15.4 Å². The van der Waals surface area contributed by atoms with Crippen molar-refractivity contribution in [1.82, 2.24) is 0 Å². The Labute approximate surface area is 158 Å². The van der Waals surface area contributed by atoms with E-state index >= 15 is 0 Å². The Kier molecular flexibility index (Phi) is 6.88. The second kappa shape index (κ2) is 9.33. The highest BCUT2D eigenvalue weighted by Gasteiger charge is 2.10. The third-order valence-corrected chi connectivity index (χ3v) is 3.93. The number of esters is 1. The van der Waals surface area contributed by atoms with Crippen LogP contribution in [0.15, 0.2) is 60.2 Å². The molecule has 0 radical (unpaired) electrons. The van der Waals surface area contributed by atoms with E-state index in [0.29, 0.717) is 11.3 Å². The number of hydrogen-bond donors (Lipinski definition) is 2. The number of aryl methyl sites for hydroxylation is 1. The normalized spacial score (nSPS) is 10.9. The summed E-state index contributed by atoms with van der Waals surface area (Å²) in [5.41, 5.74) is 2.91. The van der Waals surface area contributed by atoms with Crippen molar-refractivity contribution in [3.63, 3.8) is 0 Å². The third kappa shape index (κ3) is 5.54. The molecule has 0 heterocycles. The Morgan fingerprint density at radius 2 is 1.67 bits per heavy atom. The summed E-state index contributed by atoms with van der Waals surface area (Å²) in [4.78, 5) is 35.8. The maximum Gasteiger partial charge on any atom is 0.337 e.